The third-order valence-electron chi connectivity index (χ3n) is 2.82. The van der Waals surface area contributed by atoms with Crippen molar-refractivity contribution in [2.24, 2.45) is 0 Å². The molecule has 1 aliphatic carbocycles. The Kier molecular flexibility index (Phi) is 2.54. The summed E-state index contributed by atoms with van der Waals surface area (Å²) < 4.78 is 2.05. The van der Waals surface area contributed by atoms with Crippen LogP contribution in [0.1, 0.15) is 43.1 Å². The second-order valence-corrected chi connectivity index (χ2v) is 3.91. The number of nitrogens with zero attached hydrogens (tertiary/aromatic N) is 3. The van der Waals surface area contributed by atoms with Gasteiger partial charge in [0.25, 0.3) is 0 Å². The van der Waals surface area contributed by atoms with Crippen LogP contribution in [0.15, 0.2) is 0 Å². The molecule has 2 rings (SSSR count). The number of rotatable bonds is 2. The highest BCUT2D eigenvalue weighted by Crippen LogP contribution is 2.30. The number of aromatic nitrogens is 3. The Morgan fingerprint density at radius 3 is 2.69 bits per heavy atom. The molecule has 0 radical (unpaired) electrons. The molecule has 0 saturated heterocycles. The fourth-order valence-electron chi connectivity index (χ4n) is 1.99. The molecule has 1 aliphatic rings. The summed E-state index contributed by atoms with van der Waals surface area (Å²) in [7, 11) is 0. The first-order valence-corrected chi connectivity index (χ1v) is 5.33. The van der Waals surface area contributed by atoms with E-state index in [0.717, 1.165) is 11.4 Å². The second-order valence-electron chi connectivity index (χ2n) is 3.64. The maximum absolute atomic E-state index is 5.74. The first-order valence-electron chi connectivity index (χ1n) is 4.79. The van der Waals surface area contributed by atoms with Crippen molar-refractivity contribution in [2.75, 3.05) is 0 Å². The van der Waals surface area contributed by atoms with Crippen molar-refractivity contribution >= 4 is 11.6 Å². The van der Waals surface area contributed by atoms with Gasteiger partial charge in [-0.3, -0.25) is 0 Å². The van der Waals surface area contributed by atoms with Gasteiger partial charge in [-0.15, -0.1) is 16.7 Å². The molecular weight excluding hydrogens is 186 g/mol. The van der Waals surface area contributed by atoms with Crippen molar-refractivity contribution in [3.05, 3.63) is 11.4 Å². The van der Waals surface area contributed by atoms with Gasteiger partial charge in [-0.25, -0.2) is 4.68 Å². The van der Waals surface area contributed by atoms with Gasteiger partial charge in [-0.1, -0.05) is 18.1 Å². The Morgan fingerprint density at radius 2 is 2.15 bits per heavy atom. The zero-order valence-electron chi connectivity index (χ0n) is 7.83. The van der Waals surface area contributed by atoms with Crippen LogP contribution in [0.4, 0.5) is 0 Å². The first kappa shape index (κ1) is 9.00. The smallest absolute Gasteiger partial charge is 0.100 e. The van der Waals surface area contributed by atoms with E-state index in [-0.39, 0.29) is 0 Å². The normalized spacial score (nSPS) is 18.3. The van der Waals surface area contributed by atoms with E-state index >= 15 is 0 Å². The molecule has 0 atom stereocenters. The van der Waals surface area contributed by atoms with E-state index in [0.29, 0.717) is 11.9 Å². The van der Waals surface area contributed by atoms with E-state index < -0.39 is 0 Å². The van der Waals surface area contributed by atoms with Gasteiger partial charge in [0.1, 0.15) is 5.69 Å². The van der Waals surface area contributed by atoms with Crippen LogP contribution in [0.3, 0.4) is 0 Å². The van der Waals surface area contributed by atoms with Crippen LogP contribution in [0, 0.1) is 6.92 Å². The van der Waals surface area contributed by atoms with E-state index in [1.54, 1.807) is 0 Å². The Hall–Kier alpha value is -0.570. The SMILES string of the molecule is Cc1c(CCl)nnn1C1CCCC1. The third-order valence-corrected chi connectivity index (χ3v) is 3.07. The van der Waals surface area contributed by atoms with Crippen LogP contribution in [0.25, 0.3) is 0 Å². The highest BCUT2D eigenvalue weighted by atomic mass is 35.5. The molecule has 13 heavy (non-hydrogen) atoms. The summed E-state index contributed by atoms with van der Waals surface area (Å²) in [6.45, 7) is 2.05. The lowest BCUT2D eigenvalue weighted by Gasteiger charge is -2.10. The molecule has 1 heterocycles. The van der Waals surface area contributed by atoms with Crippen molar-refractivity contribution < 1.29 is 0 Å². The van der Waals surface area contributed by atoms with Gasteiger partial charge in [0.15, 0.2) is 0 Å². The minimum Gasteiger partial charge on any atom is -0.246 e. The zero-order valence-corrected chi connectivity index (χ0v) is 8.59. The molecule has 72 valence electrons. The van der Waals surface area contributed by atoms with Crippen molar-refractivity contribution in [3.63, 3.8) is 0 Å². The molecule has 1 aromatic rings. The van der Waals surface area contributed by atoms with Gasteiger partial charge < -0.3 is 0 Å². The van der Waals surface area contributed by atoms with E-state index in [9.17, 15) is 0 Å². The molecule has 0 bridgehead atoms. The molecule has 0 spiro atoms. The van der Waals surface area contributed by atoms with Crippen LogP contribution in [0.5, 0.6) is 0 Å². The fourth-order valence-corrected chi connectivity index (χ4v) is 2.24. The monoisotopic (exact) mass is 199 g/mol. The molecule has 0 N–H and O–H groups in total. The average molecular weight is 200 g/mol. The van der Waals surface area contributed by atoms with Crippen LogP contribution < -0.4 is 0 Å². The maximum Gasteiger partial charge on any atom is 0.100 e. The molecular formula is C9H14ClN3. The average Bonchev–Trinajstić information content (AvgIpc) is 2.72. The Bertz CT molecular complexity index is 289. The highest BCUT2D eigenvalue weighted by molar-refractivity contribution is 6.16. The molecule has 1 fully saturated rings. The molecule has 0 unspecified atom stereocenters. The van der Waals surface area contributed by atoms with Crippen molar-refractivity contribution in [1.82, 2.24) is 15.0 Å². The molecule has 1 saturated carbocycles. The Morgan fingerprint density at radius 1 is 1.46 bits per heavy atom. The predicted octanol–water partition coefficient (Wildman–Crippen LogP) is 2.44. The molecule has 0 aliphatic heterocycles. The Balaban J connectivity index is 2.24. The van der Waals surface area contributed by atoms with E-state index in [4.69, 9.17) is 11.6 Å². The van der Waals surface area contributed by atoms with Gasteiger partial charge in [-0.2, -0.15) is 0 Å². The number of halogens is 1. The van der Waals surface area contributed by atoms with Crippen molar-refractivity contribution in [1.29, 1.82) is 0 Å². The summed E-state index contributed by atoms with van der Waals surface area (Å²) >= 11 is 5.74. The Labute approximate surface area is 83.1 Å². The van der Waals surface area contributed by atoms with Crippen LogP contribution >= 0.6 is 11.6 Å². The molecule has 1 aromatic heterocycles. The van der Waals surface area contributed by atoms with Crippen LogP contribution in [0.2, 0.25) is 0 Å². The van der Waals surface area contributed by atoms with Crippen molar-refractivity contribution in [3.8, 4) is 0 Å². The third kappa shape index (κ3) is 1.57. The van der Waals surface area contributed by atoms with Crippen LogP contribution in [-0.4, -0.2) is 15.0 Å². The number of hydrogen-bond acceptors (Lipinski definition) is 2. The minimum absolute atomic E-state index is 0.471. The molecule has 0 amide bonds. The van der Waals surface area contributed by atoms with Crippen molar-refractivity contribution in [2.45, 2.75) is 44.5 Å². The summed E-state index contributed by atoms with van der Waals surface area (Å²) in [6, 6.07) is 0.574. The van der Waals surface area contributed by atoms with Gasteiger partial charge in [0.2, 0.25) is 0 Å². The molecule has 3 nitrogen and oxygen atoms in total. The van der Waals surface area contributed by atoms with E-state index in [2.05, 4.69) is 17.2 Å². The summed E-state index contributed by atoms with van der Waals surface area (Å²) in [4.78, 5) is 0. The second kappa shape index (κ2) is 3.66. The van der Waals surface area contributed by atoms with Gasteiger partial charge in [0, 0.05) is 0 Å². The van der Waals surface area contributed by atoms with E-state index in [1.165, 1.54) is 25.7 Å². The van der Waals surface area contributed by atoms with Gasteiger partial charge >= 0.3 is 0 Å². The zero-order chi connectivity index (χ0) is 9.26. The summed E-state index contributed by atoms with van der Waals surface area (Å²) in [6.07, 6.45) is 5.12. The summed E-state index contributed by atoms with van der Waals surface area (Å²) in [5, 5.41) is 8.21. The molecule has 0 aromatic carbocycles. The summed E-state index contributed by atoms with van der Waals surface area (Å²) in [5.41, 5.74) is 2.07. The lowest BCUT2D eigenvalue weighted by Crippen LogP contribution is -2.08. The van der Waals surface area contributed by atoms with Crippen LogP contribution in [-0.2, 0) is 5.88 Å². The number of alkyl halides is 1. The summed E-state index contributed by atoms with van der Waals surface area (Å²) in [5.74, 6) is 0.471. The molecule has 4 heteroatoms. The standard InChI is InChI=1S/C9H14ClN3/c1-7-9(6-10)11-12-13(7)8-4-2-3-5-8/h8H,2-6H2,1H3. The predicted molar refractivity (Wildman–Crippen MR) is 51.8 cm³/mol. The topological polar surface area (TPSA) is 30.7 Å². The first-order chi connectivity index (χ1) is 6.33. The lowest BCUT2D eigenvalue weighted by molar-refractivity contribution is 0.444. The highest BCUT2D eigenvalue weighted by Gasteiger charge is 2.20. The van der Waals surface area contributed by atoms with Gasteiger partial charge in [-0.05, 0) is 19.8 Å². The van der Waals surface area contributed by atoms with Gasteiger partial charge in [0.05, 0.1) is 17.6 Å². The lowest BCUT2D eigenvalue weighted by atomic mass is 10.2. The maximum atomic E-state index is 5.74. The minimum atomic E-state index is 0.471. The largest absolute Gasteiger partial charge is 0.246 e. The van der Waals surface area contributed by atoms with E-state index in [1.807, 2.05) is 4.68 Å². The number of hydrogen-bond donors (Lipinski definition) is 0. The quantitative estimate of drug-likeness (QED) is 0.685. The fraction of sp³-hybridized carbons (Fsp3) is 0.778.